The fourth-order valence-corrected chi connectivity index (χ4v) is 1.98. The first-order valence-electron chi connectivity index (χ1n) is 5.40. The largest absolute Gasteiger partial charge is 0.377 e. The van der Waals surface area contributed by atoms with Crippen LogP contribution in [0.15, 0.2) is 41.8 Å². The summed E-state index contributed by atoms with van der Waals surface area (Å²) in [5.41, 5.74) is 2.19. The Hall–Kier alpha value is -1.35. The molecule has 2 rings (SSSR count). The maximum absolute atomic E-state index is 8.49. The molecule has 2 aromatic rings. The molecule has 0 radical (unpaired) electrons. The zero-order chi connectivity index (χ0) is 15.2. The Morgan fingerprint density at radius 1 is 1.00 bits per heavy atom. The van der Waals surface area contributed by atoms with Gasteiger partial charge < -0.3 is 0 Å². The predicted octanol–water partition coefficient (Wildman–Crippen LogP) is -2.91. The van der Waals surface area contributed by atoms with Crippen LogP contribution in [0.1, 0.15) is 0 Å². The molecule has 0 saturated heterocycles. The zero-order valence-electron chi connectivity index (χ0n) is 10.9. The Kier molecular flexibility index (Phi) is 6.21. The molecule has 0 bridgehead atoms. The molecule has 0 aliphatic carbocycles. The van der Waals surface area contributed by atoms with Gasteiger partial charge in [-0.05, 0) is 4.98 Å². The lowest BCUT2D eigenvalue weighted by molar-refractivity contribution is -2.00. The second kappa shape index (κ2) is 7.44. The fraction of sp³-hybridized carbons (Fsp3) is 0.167. The molecule has 1 aromatic heterocycles. The van der Waals surface area contributed by atoms with Gasteiger partial charge >= 0.3 is 4.80 Å². The summed E-state index contributed by atoms with van der Waals surface area (Å²) < 4.78 is 36.0. The van der Waals surface area contributed by atoms with Crippen LogP contribution < -0.4 is 28.0 Å². The van der Waals surface area contributed by atoms with Crippen LogP contribution in [0.3, 0.4) is 0 Å². The average Bonchev–Trinajstić information content (AvgIpc) is 2.38. The Balaban J connectivity index is 0.000000347. The van der Waals surface area contributed by atoms with Gasteiger partial charge in [-0.1, -0.05) is 41.7 Å². The number of hydrogen-bond acceptors (Lipinski definition) is 6. The molecule has 1 heterocycles. The minimum absolute atomic E-state index is 1.02. The average molecular weight is 317 g/mol. The van der Waals surface area contributed by atoms with Crippen LogP contribution in [-0.4, -0.2) is 19.1 Å². The van der Waals surface area contributed by atoms with E-state index in [4.69, 9.17) is 18.6 Å². The number of nitrogens with zero attached hydrogens (tertiary/aromatic N) is 2. The van der Waals surface area contributed by atoms with Gasteiger partial charge in [-0.25, -0.2) is 18.6 Å². The standard InChI is InChI=1S/C12H13N2S.ClHO4/c1-14(2)12-13-11(8-9-15-12)10-6-4-3-5-7-10;2-1(3,4)5/h3-9H,1-2H3;(H,2,3,4,5)/q+1;/p-1. The summed E-state index contributed by atoms with van der Waals surface area (Å²) >= 11 is 1.64. The minimum atomic E-state index is -4.94. The molecule has 20 heavy (non-hydrogen) atoms. The summed E-state index contributed by atoms with van der Waals surface area (Å²) in [5.74, 6) is 0. The Morgan fingerprint density at radius 2 is 1.55 bits per heavy atom. The number of rotatable bonds is 1. The fourth-order valence-electron chi connectivity index (χ4n) is 1.30. The van der Waals surface area contributed by atoms with Crippen molar-refractivity contribution in [1.29, 1.82) is 0 Å². The van der Waals surface area contributed by atoms with Crippen molar-refractivity contribution in [3.8, 4) is 11.3 Å². The van der Waals surface area contributed by atoms with E-state index in [1.807, 2.05) is 42.9 Å². The number of benzene rings is 1. The van der Waals surface area contributed by atoms with E-state index in [-0.39, 0.29) is 0 Å². The van der Waals surface area contributed by atoms with Crippen LogP contribution in [0, 0.1) is 10.2 Å². The van der Waals surface area contributed by atoms with Crippen LogP contribution in [0.4, 0.5) is 0 Å². The second-order valence-electron chi connectivity index (χ2n) is 3.84. The molecule has 0 aliphatic rings. The van der Waals surface area contributed by atoms with Crippen molar-refractivity contribution < 1.29 is 28.9 Å². The predicted molar refractivity (Wildman–Crippen MR) is 64.7 cm³/mol. The Morgan fingerprint density at radius 3 is 2.05 bits per heavy atom. The smallest absolute Gasteiger partial charge is 0.255 e. The molecule has 0 aliphatic heterocycles. The molecule has 6 nitrogen and oxygen atoms in total. The van der Waals surface area contributed by atoms with E-state index in [0.717, 1.165) is 16.1 Å². The van der Waals surface area contributed by atoms with E-state index in [1.165, 1.54) is 0 Å². The molecule has 0 spiro atoms. The summed E-state index contributed by atoms with van der Waals surface area (Å²) in [6.07, 6.45) is 0. The van der Waals surface area contributed by atoms with Gasteiger partial charge in [0.05, 0.1) is 14.1 Å². The van der Waals surface area contributed by atoms with Crippen LogP contribution in [0.25, 0.3) is 11.3 Å². The highest BCUT2D eigenvalue weighted by Crippen LogP contribution is 2.14. The molecular formula is C12H13ClN2O4S. The highest BCUT2D eigenvalue weighted by molar-refractivity contribution is 7.06. The summed E-state index contributed by atoms with van der Waals surface area (Å²) in [4.78, 5) is 5.61. The monoisotopic (exact) mass is 316 g/mol. The van der Waals surface area contributed by atoms with Crippen molar-refractivity contribution in [1.82, 2.24) is 9.56 Å². The van der Waals surface area contributed by atoms with Crippen molar-refractivity contribution in [2.45, 2.75) is 0 Å². The van der Waals surface area contributed by atoms with E-state index in [1.54, 1.807) is 11.3 Å². The van der Waals surface area contributed by atoms with E-state index < -0.39 is 10.2 Å². The Labute approximate surface area is 122 Å². The topological polar surface area (TPSA) is 108 Å². The second-order valence-corrected chi connectivity index (χ2v) is 5.47. The van der Waals surface area contributed by atoms with E-state index in [9.17, 15) is 0 Å². The van der Waals surface area contributed by atoms with Gasteiger partial charge in [-0.2, -0.15) is 0 Å². The lowest BCUT2D eigenvalue weighted by Crippen LogP contribution is -2.68. The molecule has 1 aromatic carbocycles. The maximum atomic E-state index is 8.49. The molecule has 0 unspecified atom stereocenters. The van der Waals surface area contributed by atoms with Crippen molar-refractivity contribution >= 4 is 11.3 Å². The van der Waals surface area contributed by atoms with Crippen LogP contribution in [0.2, 0.25) is 0 Å². The highest BCUT2D eigenvalue weighted by Gasteiger charge is 2.05. The number of halogens is 1. The van der Waals surface area contributed by atoms with Gasteiger partial charge in [-0.3, -0.25) is 4.58 Å². The van der Waals surface area contributed by atoms with Gasteiger partial charge in [0.2, 0.25) is 0 Å². The van der Waals surface area contributed by atoms with Crippen LogP contribution >= 0.6 is 11.3 Å². The first kappa shape index (κ1) is 16.7. The number of hydrogen-bond donors (Lipinski definition) is 0. The van der Waals surface area contributed by atoms with Gasteiger partial charge in [-0.15, -0.1) is 10.2 Å². The van der Waals surface area contributed by atoms with Crippen molar-refractivity contribution in [2.75, 3.05) is 14.1 Å². The molecule has 0 saturated carbocycles. The van der Waals surface area contributed by atoms with Gasteiger partial charge in [0.25, 0.3) is 0 Å². The molecule has 8 heteroatoms. The van der Waals surface area contributed by atoms with Crippen molar-refractivity contribution in [3.05, 3.63) is 46.6 Å². The third-order valence-electron chi connectivity index (χ3n) is 2.07. The molecule has 0 N–H and O–H groups in total. The Bertz CT molecular complexity index is 601. The SMILES string of the molecule is C[N+](C)=c1nc(-c2ccccc2)ccs1.[O-][Cl+3]([O-])([O-])[O-]. The van der Waals surface area contributed by atoms with Gasteiger partial charge in [0, 0.05) is 17.0 Å². The van der Waals surface area contributed by atoms with Crippen LogP contribution in [0.5, 0.6) is 0 Å². The van der Waals surface area contributed by atoms with Gasteiger partial charge in [0.15, 0.2) is 5.69 Å². The zero-order valence-corrected chi connectivity index (χ0v) is 12.4. The normalized spacial score (nSPS) is 10.5. The first-order chi connectivity index (χ1) is 9.27. The van der Waals surface area contributed by atoms with E-state index >= 15 is 0 Å². The quantitative estimate of drug-likeness (QED) is 0.524. The highest BCUT2D eigenvalue weighted by atomic mass is 35.7. The van der Waals surface area contributed by atoms with E-state index in [2.05, 4.69) is 22.5 Å². The third kappa shape index (κ3) is 6.71. The summed E-state index contributed by atoms with van der Waals surface area (Å²) in [7, 11) is -0.929. The van der Waals surface area contributed by atoms with Crippen molar-refractivity contribution in [3.63, 3.8) is 0 Å². The minimum Gasteiger partial charge on any atom is -0.255 e. The third-order valence-corrected chi connectivity index (χ3v) is 3.01. The molecule has 0 atom stereocenters. The van der Waals surface area contributed by atoms with Gasteiger partial charge in [0.1, 0.15) is 0 Å². The summed E-state index contributed by atoms with van der Waals surface area (Å²) in [5, 5.41) is 2.07. The lowest BCUT2D eigenvalue weighted by atomic mass is 10.2. The molecular weight excluding hydrogens is 304 g/mol. The molecule has 0 fully saturated rings. The van der Waals surface area contributed by atoms with E-state index in [0.29, 0.717) is 0 Å². The maximum Gasteiger partial charge on any atom is 0.377 e. The molecule has 0 amide bonds. The molecule has 108 valence electrons. The lowest BCUT2D eigenvalue weighted by Gasteiger charge is -2.17. The first-order valence-corrected chi connectivity index (χ1v) is 7.52. The summed E-state index contributed by atoms with van der Waals surface area (Å²) in [6, 6.07) is 12.3. The summed E-state index contributed by atoms with van der Waals surface area (Å²) in [6.45, 7) is 0. The van der Waals surface area contributed by atoms with Crippen molar-refractivity contribution in [2.24, 2.45) is 0 Å². The number of aromatic nitrogens is 1. The van der Waals surface area contributed by atoms with Crippen LogP contribution in [-0.2, 0) is 0 Å².